The first-order chi connectivity index (χ1) is 11.9. The summed E-state index contributed by atoms with van der Waals surface area (Å²) in [7, 11) is 0. The van der Waals surface area contributed by atoms with Crippen molar-refractivity contribution in [3.05, 3.63) is 72.1 Å². The molecule has 0 saturated heterocycles. The third-order valence-corrected chi connectivity index (χ3v) is 3.83. The molecule has 4 nitrogen and oxygen atoms in total. The Bertz CT molecular complexity index is 940. The van der Waals surface area contributed by atoms with E-state index in [9.17, 15) is 9.59 Å². The van der Waals surface area contributed by atoms with Gasteiger partial charge in [-0.05, 0) is 49.7 Å². The summed E-state index contributed by atoms with van der Waals surface area (Å²) in [5.41, 5.74) is -0.00180. The van der Waals surface area contributed by atoms with E-state index >= 15 is 0 Å². The molecule has 0 fully saturated rings. The molecule has 0 bridgehead atoms. The van der Waals surface area contributed by atoms with Crippen LogP contribution < -0.4 is 4.74 Å². The van der Waals surface area contributed by atoms with Gasteiger partial charge in [0.1, 0.15) is 11.4 Å². The number of aromatic nitrogens is 1. The van der Waals surface area contributed by atoms with Crippen LogP contribution in [0.2, 0.25) is 0 Å². The highest BCUT2D eigenvalue weighted by molar-refractivity contribution is 6.17. The topological polar surface area (TPSA) is 56.3 Å². The number of fused-ring (bicyclic) bond motifs is 1. The summed E-state index contributed by atoms with van der Waals surface area (Å²) >= 11 is 0. The van der Waals surface area contributed by atoms with E-state index in [2.05, 4.69) is 4.98 Å². The monoisotopic (exact) mass is 333 g/mol. The lowest BCUT2D eigenvalue weighted by Gasteiger charge is -2.18. The number of carbonyl (C=O) groups excluding carboxylic acids is 2. The van der Waals surface area contributed by atoms with Crippen molar-refractivity contribution in [3.63, 3.8) is 0 Å². The summed E-state index contributed by atoms with van der Waals surface area (Å²) in [6.07, 6.45) is 1.57. The molecule has 0 aliphatic rings. The number of benzene rings is 2. The third kappa shape index (κ3) is 3.43. The first-order valence-electron chi connectivity index (χ1n) is 8.08. The second-order valence-corrected chi connectivity index (χ2v) is 6.84. The highest BCUT2D eigenvalue weighted by atomic mass is 16.5. The van der Waals surface area contributed by atoms with Crippen molar-refractivity contribution in [1.82, 2.24) is 4.98 Å². The van der Waals surface area contributed by atoms with Gasteiger partial charge < -0.3 is 4.74 Å². The van der Waals surface area contributed by atoms with Crippen molar-refractivity contribution in [2.24, 2.45) is 5.41 Å². The highest BCUT2D eigenvalue weighted by Gasteiger charge is 2.27. The summed E-state index contributed by atoms with van der Waals surface area (Å²) < 4.78 is 5.57. The number of rotatable bonds is 3. The number of pyridine rings is 1. The van der Waals surface area contributed by atoms with Gasteiger partial charge in [-0.25, -0.2) is 0 Å². The Morgan fingerprint density at radius 1 is 0.920 bits per heavy atom. The van der Waals surface area contributed by atoms with Gasteiger partial charge in [0.25, 0.3) is 0 Å². The lowest BCUT2D eigenvalue weighted by Crippen LogP contribution is -2.26. The molecule has 2 aromatic carbocycles. The Hall–Kier alpha value is -3.01. The molecule has 3 rings (SSSR count). The van der Waals surface area contributed by atoms with Crippen LogP contribution in [-0.4, -0.2) is 16.7 Å². The fourth-order valence-electron chi connectivity index (χ4n) is 2.45. The molecule has 0 unspecified atom stereocenters. The van der Waals surface area contributed by atoms with Gasteiger partial charge in [-0.15, -0.1) is 0 Å². The summed E-state index contributed by atoms with van der Waals surface area (Å²) in [5, 5.41) is 1.63. The van der Waals surface area contributed by atoms with Gasteiger partial charge in [-0.1, -0.05) is 36.4 Å². The predicted octanol–water partition coefficient (Wildman–Crippen LogP) is 4.42. The van der Waals surface area contributed by atoms with Gasteiger partial charge in [0.15, 0.2) is 0 Å². The van der Waals surface area contributed by atoms with Gasteiger partial charge in [0.05, 0.1) is 11.0 Å². The fraction of sp³-hybridized carbons (Fsp3) is 0.190. The lowest BCUT2D eigenvalue weighted by molar-refractivity contribution is -0.143. The predicted molar refractivity (Wildman–Crippen MR) is 96.7 cm³/mol. The number of ether oxygens (including phenoxy) is 1. The van der Waals surface area contributed by atoms with Gasteiger partial charge in [-0.3, -0.25) is 14.6 Å². The molecule has 1 heterocycles. The first kappa shape index (κ1) is 16.8. The molecule has 0 saturated carbocycles. The Morgan fingerprint density at radius 2 is 1.64 bits per heavy atom. The fourth-order valence-corrected chi connectivity index (χ4v) is 2.45. The average molecular weight is 333 g/mol. The summed E-state index contributed by atoms with van der Waals surface area (Å²) in [4.78, 5) is 29.5. The smallest absolute Gasteiger partial charge is 0.316 e. The molecule has 0 radical (unpaired) electrons. The molecule has 0 spiro atoms. The van der Waals surface area contributed by atoms with Crippen LogP contribution in [0.4, 0.5) is 0 Å². The summed E-state index contributed by atoms with van der Waals surface area (Å²) in [6, 6.07) is 16.2. The van der Waals surface area contributed by atoms with Crippen molar-refractivity contribution in [2.45, 2.75) is 20.8 Å². The van der Waals surface area contributed by atoms with E-state index in [0.717, 1.165) is 10.8 Å². The number of carbonyl (C=O) groups is 2. The van der Waals surface area contributed by atoms with Gasteiger partial charge in [0, 0.05) is 6.20 Å². The molecule has 4 heteroatoms. The van der Waals surface area contributed by atoms with Crippen LogP contribution in [0.3, 0.4) is 0 Å². The molecule has 1 aromatic heterocycles. The zero-order valence-corrected chi connectivity index (χ0v) is 14.4. The third-order valence-electron chi connectivity index (χ3n) is 3.83. The van der Waals surface area contributed by atoms with Crippen LogP contribution in [0.15, 0.2) is 60.8 Å². The largest absolute Gasteiger partial charge is 0.425 e. The molecule has 0 aliphatic carbocycles. The Kier molecular flexibility index (Phi) is 4.36. The maximum atomic E-state index is 13.1. The molecule has 25 heavy (non-hydrogen) atoms. The van der Waals surface area contributed by atoms with Crippen molar-refractivity contribution >= 4 is 22.5 Å². The van der Waals surface area contributed by atoms with E-state index in [-0.39, 0.29) is 11.5 Å². The van der Waals surface area contributed by atoms with E-state index < -0.39 is 11.4 Å². The maximum absolute atomic E-state index is 13.1. The van der Waals surface area contributed by atoms with Crippen molar-refractivity contribution in [1.29, 1.82) is 0 Å². The molecule has 0 amide bonds. The summed E-state index contributed by atoms with van der Waals surface area (Å²) in [6.45, 7) is 5.32. The highest BCUT2D eigenvalue weighted by Crippen LogP contribution is 2.31. The number of hydrogen-bond acceptors (Lipinski definition) is 4. The van der Waals surface area contributed by atoms with E-state index in [1.165, 1.54) is 0 Å². The van der Waals surface area contributed by atoms with E-state index in [1.54, 1.807) is 51.2 Å². The van der Waals surface area contributed by atoms with Crippen molar-refractivity contribution in [3.8, 4) is 5.75 Å². The molecular formula is C21H19NO3. The van der Waals surface area contributed by atoms with Crippen molar-refractivity contribution in [2.75, 3.05) is 0 Å². The van der Waals surface area contributed by atoms with Crippen LogP contribution in [0.25, 0.3) is 10.8 Å². The molecule has 126 valence electrons. The minimum absolute atomic E-state index is 0.259. The van der Waals surface area contributed by atoms with Crippen LogP contribution in [-0.2, 0) is 4.79 Å². The molecule has 0 aliphatic heterocycles. The minimum Gasteiger partial charge on any atom is -0.425 e. The SMILES string of the molecule is CC(C)(C)C(=O)Oc1ccc2ccccc2c1C(=O)c1ccccn1. The number of esters is 1. The summed E-state index contributed by atoms with van der Waals surface area (Å²) in [5.74, 6) is -0.402. The van der Waals surface area contributed by atoms with Crippen LogP contribution in [0.1, 0.15) is 36.8 Å². The minimum atomic E-state index is -0.670. The quantitative estimate of drug-likeness (QED) is 0.404. The number of nitrogens with zero attached hydrogens (tertiary/aromatic N) is 1. The maximum Gasteiger partial charge on any atom is 0.316 e. The Labute approximate surface area is 146 Å². The van der Waals surface area contributed by atoms with Gasteiger partial charge in [0.2, 0.25) is 5.78 Å². The van der Waals surface area contributed by atoms with E-state index in [1.807, 2.05) is 30.3 Å². The second-order valence-electron chi connectivity index (χ2n) is 6.84. The van der Waals surface area contributed by atoms with Crippen LogP contribution >= 0.6 is 0 Å². The van der Waals surface area contributed by atoms with E-state index in [4.69, 9.17) is 4.74 Å². The zero-order chi connectivity index (χ0) is 18.0. The molecular weight excluding hydrogens is 314 g/mol. The van der Waals surface area contributed by atoms with Gasteiger partial charge >= 0.3 is 5.97 Å². The standard InChI is InChI=1S/C21H19NO3/c1-21(2,3)20(24)25-17-12-11-14-8-4-5-9-15(14)18(17)19(23)16-10-6-7-13-22-16/h4-13H,1-3H3. The molecule has 0 N–H and O–H groups in total. The van der Waals surface area contributed by atoms with Crippen LogP contribution in [0.5, 0.6) is 5.75 Å². The lowest BCUT2D eigenvalue weighted by atomic mass is 9.96. The van der Waals surface area contributed by atoms with Crippen LogP contribution in [0, 0.1) is 5.41 Å². The molecule has 3 aromatic rings. The second kappa shape index (κ2) is 6.48. The Morgan fingerprint density at radius 3 is 2.32 bits per heavy atom. The molecule has 0 atom stereocenters. The normalized spacial score (nSPS) is 11.3. The first-order valence-corrected chi connectivity index (χ1v) is 8.08. The van der Waals surface area contributed by atoms with E-state index in [0.29, 0.717) is 11.3 Å². The number of hydrogen-bond donors (Lipinski definition) is 0. The number of ketones is 1. The van der Waals surface area contributed by atoms with Crippen molar-refractivity contribution < 1.29 is 14.3 Å². The average Bonchev–Trinajstić information content (AvgIpc) is 2.61. The zero-order valence-electron chi connectivity index (χ0n) is 14.4. The van der Waals surface area contributed by atoms with Gasteiger partial charge in [-0.2, -0.15) is 0 Å². The Balaban J connectivity index is 2.17.